The topological polar surface area (TPSA) is 24.5 Å². The number of hydrogen-bond donors (Lipinski definition) is 1. The van der Waals surface area contributed by atoms with Gasteiger partial charge in [0.1, 0.15) is 0 Å². The third kappa shape index (κ3) is 3.98. The van der Waals surface area contributed by atoms with E-state index >= 15 is 0 Å². The Labute approximate surface area is 127 Å². The zero-order valence-corrected chi connectivity index (χ0v) is 13.4. The molecule has 1 N–H and O–H groups in total. The molecule has 0 saturated carbocycles. The summed E-state index contributed by atoms with van der Waals surface area (Å²) in [6, 6.07) is 6.03. The molecule has 1 saturated heterocycles. The van der Waals surface area contributed by atoms with Crippen LogP contribution in [0, 0.1) is 3.57 Å². The van der Waals surface area contributed by atoms with Gasteiger partial charge in [0.05, 0.1) is 23.4 Å². The highest BCUT2D eigenvalue weighted by molar-refractivity contribution is 14.1. The molecule has 1 aromatic rings. The second kappa shape index (κ2) is 6.93. The van der Waals surface area contributed by atoms with Crippen LogP contribution in [-0.4, -0.2) is 43.8 Å². The van der Waals surface area contributed by atoms with Gasteiger partial charge in [-0.05, 0) is 47.3 Å². The standard InChI is InChI=1S/C13H18ClIN2O/c1-2-17-5-6-18-11(9-17)8-16-13-4-3-10(15)7-12(13)14/h3-4,7,11,16H,2,5-6,8-9H2,1H3. The van der Waals surface area contributed by atoms with E-state index in [9.17, 15) is 0 Å². The summed E-state index contributed by atoms with van der Waals surface area (Å²) in [5.74, 6) is 0. The molecule has 1 fully saturated rings. The predicted octanol–water partition coefficient (Wildman–Crippen LogP) is 3.08. The Morgan fingerprint density at radius 3 is 3.11 bits per heavy atom. The molecule has 0 spiro atoms. The van der Waals surface area contributed by atoms with E-state index in [-0.39, 0.29) is 6.10 Å². The maximum Gasteiger partial charge on any atom is 0.0874 e. The Kier molecular flexibility index (Phi) is 5.54. The maximum atomic E-state index is 6.18. The van der Waals surface area contributed by atoms with E-state index in [1.807, 2.05) is 12.1 Å². The van der Waals surface area contributed by atoms with Gasteiger partial charge in [0.15, 0.2) is 0 Å². The van der Waals surface area contributed by atoms with Gasteiger partial charge in [-0.2, -0.15) is 0 Å². The third-order valence-electron chi connectivity index (χ3n) is 3.12. The van der Waals surface area contributed by atoms with Crippen LogP contribution in [0.2, 0.25) is 5.02 Å². The lowest BCUT2D eigenvalue weighted by Crippen LogP contribution is -2.45. The Morgan fingerprint density at radius 1 is 1.56 bits per heavy atom. The molecule has 1 unspecified atom stereocenters. The lowest BCUT2D eigenvalue weighted by Gasteiger charge is -2.32. The summed E-state index contributed by atoms with van der Waals surface area (Å²) in [4.78, 5) is 2.41. The first-order chi connectivity index (χ1) is 8.69. The van der Waals surface area contributed by atoms with Crippen LogP contribution >= 0.6 is 34.2 Å². The van der Waals surface area contributed by atoms with Crippen molar-refractivity contribution in [2.45, 2.75) is 13.0 Å². The number of halogens is 2. The highest BCUT2D eigenvalue weighted by atomic mass is 127. The molecule has 100 valence electrons. The quantitative estimate of drug-likeness (QED) is 0.813. The van der Waals surface area contributed by atoms with Crippen LogP contribution in [0.1, 0.15) is 6.92 Å². The lowest BCUT2D eigenvalue weighted by molar-refractivity contribution is -0.0191. The van der Waals surface area contributed by atoms with Gasteiger partial charge in [-0.3, -0.25) is 4.90 Å². The average molecular weight is 381 g/mol. The van der Waals surface area contributed by atoms with Crippen LogP contribution in [0.4, 0.5) is 5.69 Å². The van der Waals surface area contributed by atoms with Crippen LogP contribution in [0.3, 0.4) is 0 Å². The minimum atomic E-state index is 0.244. The molecular weight excluding hydrogens is 363 g/mol. The van der Waals surface area contributed by atoms with E-state index in [1.54, 1.807) is 0 Å². The van der Waals surface area contributed by atoms with Crippen LogP contribution in [0.5, 0.6) is 0 Å². The van der Waals surface area contributed by atoms with Crippen molar-refractivity contribution in [3.8, 4) is 0 Å². The summed E-state index contributed by atoms with van der Waals surface area (Å²) < 4.78 is 6.89. The summed E-state index contributed by atoms with van der Waals surface area (Å²) in [5.41, 5.74) is 0.981. The molecule has 0 aromatic heterocycles. The van der Waals surface area contributed by atoms with Gasteiger partial charge in [0.2, 0.25) is 0 Å². The second-order valence-corrected chi connectivity index (χ2v) is 6.04. The largest absolute Gasteiger partial charge is 0.381 e. The summed E-state index contributed by atoms with van der Waals surface area (Å²) >= 11 is 8.44. The third-order valence-corrected chi connectivity index (χ3v) is 4.11. The van der Waals surface area contributed by atoms with Gasteiger partial charge < -0.3 is 10.1 Å². The summed E-state index contributed by atoms with van der Waals surface area (Å²) in [7, 11) is 0. The number of anilines is 1. The fraction of sp³-hybridized carbons (Fsp3) is 0.538. The van der Waals surface area contributed by atoms with E-state index in [0.29, 0.717) is 0 Å². The molecule has 1 atom stereocenters. The molecule has 1 aliphatic heterocycles. The first-order valence-electron chi connectivity index (χ1n) is 6.22. The number of rotatable bonds is 4. The molecular formula is C13H18ClIN2O. The second-order valence-electron chi connectivity index (χ2n) is 4.39. The van der Waals surface area contributed by atoms with Crippen molar-refractivity contribution < 1.29 is 4.74 Å². The Morgan fingerprint density at radius 2 is 2.39 bits per heavy atom. The van der Waals surface area contributed by atoms with Crippen LogP contribution < -0.4 is 5.32 Å². The number of likely N-dealkylation sites (N-methyl/N-ethyl adjacent to an activating group) is 1. The fourth-order valence-corrected chi connectivity index (χ4v) is 2.97. The van der Waals surface area contributed by atoms with Crippen molar-refractivity contribution >= 4 is 39.9 Å². The number of benzene rings is 1. The van der Waals surface area contributed by atoms with E-state index < -0.39 is 0 Å². The van der Waals surface area contributed by atoms with Crippen molar-refractivity contribution in [2.75, 3.05) is 38.1 Å². The summed E-state index contributed by atoms with van der Waals surface area (Å²) in [6.07, 6.45) is 0.244. The summed E-state index contributed by atoms with van der Waals surface area (Å²) in [6.45, 7) is 6.93. The highest BCUT2D eigenvalue weighted by Gasteiger charge is 2.19. The number of nitrogens with zero attached hydrogens (tertiary/aromatic N) is 1. The van der Waals surface area contributed by atoms with Crippen LogP contribution in [0.15, 0.2) is 18.2 Å². The van der Waals surface area contributed by atoms with Crippen molar-refractivity contribution in [2.24, 2.45) is 0 Å². The monoisotopic (exact) mass is 380 g/mol. The van der Waals surface area contributed by atoms with Gasteiger partial charge in [-0.1, -0.05) is 18.5 Å². The van der Waals surface area contributed by atoms with Crippen molar-refractivity contribution in [1.29, 1.82) is 0 Å². The molecule has 1 aromatic carbocycles. The molecule has 0 bridgehead atoms. The zero-order chi connectivity index (χ0) is 13.0. The minimum Gasteiger partial charge on any atom is -0.381 e. The zero-order valence-electron chi connectivity index (χ0n) is 10.5. The van der Waals surface area contributed by atoms with Gasteiger partial charge in [-0.25, -0.2) is 0 Å². The number of morpholine rings is 1. The molecule has 5 heteroatoms. The van der Waals surface area contributed by atoms with Gasteiger partial charge in [0.25, 0.3) is 0 Å². The van der Waals surface area contributed by atoms with Crippen molar-refractivity contribution in [3.05, 3.63) is 26.8 Å². The average Bonchev–Trinajstić information content (AvgIpc) is 2.38. The minimum absolute atomic E-state index is 0.244. The van der Waals surface area contributed by atoms with Crippen LogP contribution in [-0.2, 0) is 4.74 Å². The molecule has 1 heterocycles. The molecule has 0 radical (unpaired) electrons. The number of ether oxygens (including phenoxy) is 1. The molecule has 18 heavy (non-hydrogen) atoms. The SMILES string of the molecule is CCN1CCOC(CNc2ccc(I)cc2Cl)C1. The number of hydrogen-bond acceptors (Lipinski definition) is 3. The normalized spacial score (nSPS) is 20.9. The predicted molar refractivity (Wildman–Crippen MR) is 84.5 cm³/mol. The van der Waals surface area contributed by atoms with Gasteiger partial charge >= 0.3 is 0 Å². The number of nitrogens with one attached hydrogen (secondary N) is 1. The highest BCUT2D eigenvalue weighted by Crippen LogP contribution is 2.24. The van der Waals surface area contributed by atoms with E-state index in [2.05, 4.69) is 45.8 Å². The molecule has 3 nitrogen and oxygen atoms in total. The molecule has 0 aliphatic carbocycles. The summed E-state index contributed by atoms with van der Waals surface area (Å²) in [5, 5.41) is 4.14. The maximum absolute atomic E-state index is 6.18. The molecule has 1 aliphatic rings. The molecule has 2 rings (SSSR count). The van der Waals surface area contributed by atoms with Gasteiger partial charge in [-0.15, -0.1) is 0 Å². The van der Waals surface area contributed by atoms with E-state index in [1.165, 1.54) is 0 Å². The van der Waals surface area contributed by atoms with E-state index in [4.69, 9.17) is 16.3 Å². The smallest absolute Gasteiger partial charge is 0.0874 e. The molecule has 0 amide bonds. The first-order valence-corrected chi connectivity index (χ1v) is 7.67. The Hall–Kier alpha value is -0.0400. The lowest BCUT2D eigenvalue weighted by atomic mass is 10.2. The first kappa shape index (κ1) is 14.4. The Balaban J connectivity index is 1.87. The van der Waals surface area contributed by atoms with E-state index in [0.717, 1.165) is 47.1 Å². The van der Waals surface area contributed by atoms with Crippen LogP contribution in [0.25, 0.3) is 0 Å². The fourth-order valence-electron chi connectivity index (χ4n) is 2.05. The van der Waals surface area contributed by atoms with Crippen molar-refractivity contribution in [3.63, 3.8) is 0 Å². The van der Waals surface area contributed by atoms with Gasteiger partial charge in [0, 0.05) is 23.2 Å². The Bertz CT molecular complexity index is 403. The van der Waals surface area contributed by atoms with Crippen molar-refractivity contribution in [1.82, 2.24) is 4.90 Å².